The van der Waals surface area contributed by atoms with E-state index in [-0.39, 0.29) is 12.0 Å². The predicted octanol–water partition coefficient (Wildman–Crippen LogP) is 3.56. The summed E-state index contributed by atoms with van der Waals surface area (Å²) in [6.45, 7) is 2.08. The molecular weight excluding hydrogens is 390 g/mol. The Balaban J connectivity index is 1.16. The number of fused-ring (bicyclic) bond motifs is 1. The van der Waals surface area contributed by atoms with Crippen LogP contribution in [0.25, 0.3) is 11.0 Å². The number of imidazole rings is 1. The Bertz CT molecular complexity index is 1170. The molecule has 3 heterocycles. The maximum atomic E-state index is 12.9. The molecule has 1 fully saturated rings. The lowest BCUT2D eigenvalue weighted by molar-refractivity contribution is 0.0588. The summed E-state index contributed by atoms with van der Waals surface area (Å²) in [6, 6.07) is 15.6. The normalized spacial score (nSPS) is 14.6. The monoisotopic (exact) mass is 413 g/mol. The van der Waals surface area contributed by atoms with Crippen molar-refractivity contribution in [1.29, 1.82) is 0 Å². The van der Waals surface area contributed by atoms with Crippen LogP contribution in [0, 0.1) is 0 Å². The standard InChI is InChI=1S/C24H23N5O2/c30-24(19-7-5-18(6-8-19)16-28-14-11-25-17-28)29-12-9-20(10-13-29)31-23-15-26-21-3-1-2-4-22(21)27-23/h1-8,11,14-15,17,20H,9-10,12-13,16H2. The average Bonchev–Trinajstić information content (AvgIpc) is 3.33. The highest BCUT2D eigenvalue weighted by Gasteiger charge is 2.25. The lowest BCUT2D eigenvalue weighted by Crippen LogP contribution is -2.41. The van der Waals surface area contributed by atoms with E-state index in [1.54, 1.807) is 18.7 Å². The SMILES string of the molecule is O=C(c1ccc(Cn2ccnc2)cc1)N1CCC(Oc2cnc3ccccc3n2)CC1. The summed E-state index contributed by atoms with van der Waals surface area (Å²) in [7, 11) is 0. The van der Waals surface area contributed by atoms with Gasteiger partial charge in [0.2, 0.25) is 5.88 Å². The molecule has 156 valence electrons. The van der Waals surface area contributed by atoms with Crippen molar-refractivity contribution in [2.24, 2.45) is 0 Å². The van der Waals surface area contributed by atoms with Gasteiger partial charge in [0.15, 0.2) is 0 Å². The maximum Gasteiger partial charge on any atom is 0.253 e. The summed E-state index contributed by atoms with van der Waals surface area (Å²) >= 11 is 0. The van der Waals surface area contributed by atoms with Gasteiger partial charge in [-0.25, -0.2) is 15.0 Å². The highest BCUT2D eigenvalue weighted by molar-refractivity contribution is 5.94. The number of rotatable bonds is 5. The van der Waals surface area contributed by atoms with Crippen molar-refractivity contribution < 1.29 is 9.53 Å². The Hall–Kier alpha value is -3.74. The largest absolute Gasteiger partial charge is 0.473 e. The van der Waals surface area contributed by atoms with Crippen LogP contribution in [0.2, 0.25) is 0 Å². The van der Waals surface area contributed by atoms with Crippen LogP contribution >= 0.6 is 0 Å². The lowest BCUT2D eigenvalue weighted by Gasteiger charge is -2.32. The third kappa shape index (κ3) is 4.40. The molecule has 1 amide bonds. The van der Waals surface area contributed by atoms with Gasteiger partial charge in [-0.15, -0.1) is 0 Å². The molecule has 2 aromatic carbocycles. The van der Waals surface area contributed by atoms with Crippen LogP contribution in [-0.4, -0.2) is 49.5 Å². The van der Waals surface area contributed by atoms with Crippen molar-refractivity contribution in [2.45, 2.75) is 25.5 Å². The highest BCUT2D eigenvalue weighted by atomic mass is 16.5. The summed E-state index contributed by atoms with van der Waals surface area (Å²) < 4.78 is 8.05. The number of ether oxygens (including phenoxy) is 1. The molecule has 4 aromatic rings. The van der Waals surface area contributed by atoms with Crippen molar-refractivity contribution >= 4 is 16.9 Å². The van der Waals surface area contributed by atoms with Crippen molar-refractivity contribution in [3.8, 4) is 5.88 Å². The number of amides is 1. The van der Waals surface area contributed by atoms with Crippen LogP contribution in [0.3, 0.4) is 0 Å². The van der Waals surface area contributed by atoms with Crippen molar-refractivity contribution in [3.05, 3.63) is 84.6 Å². The summed E-state index contributed by atoms with van der Waals surface area (Å²) in [5, 5.41) is 0. The molecule has 0 saturated carbocycles. The molecule has 1 aliphatic heterocycles. The molecular formula is C24H23N5O2. The number of likely N-dealkylation sites (tertiary alicyclic amines) is 1. The van der Waals surface area contributed by atoms with Gasteiger partial charge in [0.1, 0.15) is 6.10 Å². The number of benzene rings is 2. The molecule has 1 aliphatic rings. The number of carbonyl (C=O) groups is 1. The van der Waals surface area contributed by atoms with E-state index in [2.05, 4.69) is 15.0 Å². The third-order valence-electron chi connectivity index (χ3n) is 5.57. The van der Waals surface area contributed by atoms with Gasteiger partial charge in [-0.2, -0.15) is 0 Å². The summed E-state index contributed by atoms with van der Waals surface area (Å²) in [4.78, 5) is 27.8. The van der Waals surface area contributed by atoms with E-state index in [0.29, 0.717) is 24.5 Å². The molecule has 2 aromatic heterocycles. The molecule has 31 heavy (non-hydrogen) atoms. The second-order valence-electron chi connectivity index (χ2n) is 7.74. The maximum absolute atomic E-state index is 12.9. The molecule has 0 atom stereocenters. The van der Waals surface area contributed by atoms with Crippen LogP contribution in [0.4, 0.5) is 0 Å². The first kappa shape index (κ1) is 19.2. The highest BCUT2D eigenvalue weighted by Crippen LogP contribution is 2.20. The number of nitrogens with zero attached hydrogens (tertiary/aromatic N) is 5. The zero-order valence-corrected chi connectivity index (χ0v) is 17.1. The minimum absolute atomic E-state index is 0.0390. The van der Waals surface area contributed by atoms with Crippen LogP contribution < -0.4 is 4.74 Å². The van der Waals surface area contributed by atoms with Crippen LogP contribution in [0.1, 0.15) is 28.8 Å². The number of piperidine rings is 1. The van der Waals surface area contributed by atoms with Gasteiger partial charge in [-0.1, -0.05) is 24.3 Å². The third-order valence-corrected chi connectivity index (χ3v) is 5.57. The molecule has 5 rings (SSSR count). The Morgan fingerprint density at radius 3 is 2.55 bits per heavy atom. The fraction of sp³-hybridized carbons (Fsp3) is 0.250. The van der Waals surface area contributed by atoms with Gasteiger partial charge in [-0.05, 0) is 29.8 Å². The van der Waals surface area contributed by atoms with Crippen LogP contribution in [-0.2, 0) is 6.54 Å². The molecule has 0 unspecified atom stereocenters. The summed E-state index contributed by atoms with van der Waals surface area (Å²) in [5.41, 5.74) is 3.53. The second kappa shape index (κ2) is 8.55. The van der Waals surface area contributed by atoms with E-state index in [9.17, 15) is 4.79 Å². The molecule has 0 bridgehead atoms. The van der Waals surface area contributed by atoms with Gasteiger partial charge in [0.25, 0.3) is 5.91 Å². The molecule has 0 N–H and O–H groups in total. The van der Waals surface area contributed by atoms with Crippen molar-refractivity contribution in [1.82, 2.24) is 24.4 Å². The van der Waals surface area contributed by atoms with Gasteiger partial charge < -0.3 is 14.2 Å². The topological polar surface area (TPSA) is 73.1 Å². The minimum atomic E-state index is 0.0390. The second-order valence-corrected chi connectivity index (χ2v) is 7.74. The summed E-state index contributed by atoms with van der Waals surface area (Å²) in [6.07, 6.45) is 8.74. The van der Waals surface area contributed by atoms with Crippen molar-refractivity contribution in [3.63, 3.8) is 0 Å². The Morgan fingerprint density at radius 1 is 1.03 bits per heavy atom. The van der Waals surface area contributed by atoms with Gasteiger partial charge >= 0.3 is 0 Å². The van der Waals surface area contributed by atoms with Gasteiger partial charge in [0.05, 0.1) is 23.6 Å². The first-order valence-electron chi connectivity index (χ1n) is 10.5. The number of hydrogen-bond donors (Lipinski definition) is 0. The number of aromatic nitrogens is 4. The minimum Gasteiger partial charge on any atom is -0.473 e. The zero-order valence-electron chi connectivity index (χ0n) is 17.1. The quantitative estimate of drug-likeness (QED) is 0.500. The predicted molar refractivity (Wildman–Crippen MR) is 117 cm³/mol. The van der Waals surface area contributed by atoms with Gasteiger partial charge in [0, 0.05) is 50.4 Å². The smallest absolute Gasteiger partial charge is 0.253 e. The molecule has 7 heteroatoms. The number of carbonyl (C=O) groups excluding carboxylic acids is 1. The van der Waals surface area contributed by atoms with E-state index in [4.69, 9.17) is 4.74 Å². The number of hydrogen-bond acceptors (Lipinski definition) is 5. The van der Waals surface area contributed by atoms with Crippen LogP contribution in [0.15, 0.2) is 73.4 Å². The fourth-order valence-corrected chi connectivity index (χ4v) is 3.87. The molecule has 1 saturated heterocycles. The van der Waals surface area contributed by atoms with E-state index < -0.39 is 0 Å². The Labute approximate surface area is 180 Å². The molecule has 0 spiro atoms. The first-order valence-corrected chi connectivity index (χ1v) is 10.5. The van der Waals surface area contributed by atoms with Crippen LogP contribution in [0.5, 0.6) is 5.88 Å². The Kier molecular flexibility index (Phi) is 5.31. The Morgan fingerprint density at radius 2 is 1.81 bits per heavy atom. The number of para-hydroxylation sites is 2. The van der Waals surface area contributed by atoms with E-state index in [0.717, 1.165) is 36.0 Å². The molecule has 0 radical (unpaired) electrons. The first-order chi connectivity index (χ1) is 15.2. The lowest BCUT2D eigenvalue weighted by atomic mass is 10.1. The molecule has 0 aliphatic carbocycles. The van der Waals surface area contributed by atoms with Gasteiger partial charge in [-0.3, -0.25) is 4.79 Å². The summed E-state index contributed by atoms with van der Waals surface area (Å²) in [5.74, 6) is 0.607. The molecule has 7 nitrogen and oxygen atoms in total. The van der Waals surface area contributed by atoms with E-state index in [1.165, 1.54) is 0 Å². The average molecular weight is 413 g/mol. The van der Waals surface area contributed by atoms with Crippen molar-refractivity contribution in [2.75, 3.05) is 13.1 Å². The van der Waals surface area contributed by atoms with E-state index >= 15 is 0 Å². The zero-order chi connectivity index (χ0) is 21.0. The van der Waals surface area contributed by atoms with E-state index in [1.807, 2.05) is 64.2 Å². The fourth-order valence-electron chi connectivity index (χ4n) is 3.87.